The molecule has 2 unspecified atom stereocenters. The molecule has 2 nitrogen and oxygen atoms in total. The average Bonchev–Trinajstić information content (AvgIpc) is 2.67. The monoisotopic (exact) mass is 333 g/mol. The molecule has 1 saturated heterocycles. The van der Waals surface area contributed by atoms with Crippen LogP contribution in [0.3, 0.4) is 0 Å². The third-order valence-electron chi connectivity index (χ3n) is 5.09. The van der Waals surface area contributed by atoms with Gasteiger partial charge >= 0.3 is 6.18 Å². The SMILES string of the molecule is CN1CCC2c3cc(C(F)(F)F)ccc3Oc3ccccc3C2C1. The molecular formula is C19H18F3NO. The maximum atomic E-state index is 13.2. The molecule has 0 radical (unpaired) electrons. The highest BCUT2D eigenvalue weighted by molar-refractivity contribution is 5.51. The number of para-hydroxylation sites is 1. The standard InChI is InChI=1S/C19H18F3NO/c1-23-9-8-13-15-10-12(19(20,21)22)6-7-18(15)24-17-5-3-2-4-14(17)16(13)11-23/h2-7,10,13,16H,8-9,11H2,1H3. The maximum absolute atomic E-state index is 13.2. The summed E-state index contributed by atoms with van der Waals surface area (Å²) >= 11 is 0. The van der Waals surface area contributed by atoms with Gasteiger partial charge in [0.25, 0.3) is 0 Å². The zero-order valence-corrected chi connectivity index (χ0v) is 13.3. The van der Waals surface area contributed by atoms with Gasteiger partial charge in [-0.3, -0.25) is 0 Å². The molecule has 0 amide bonds. The van der Waals surface area contributed by atoms with E-state index in [4.69, 9.17) is 4.74 Å². The Morgan fingerprint density at radius 2 is 1.75 bits per heavy atom. The van der Waals surface area contributed by atoms with E-state index in [1.807, 2.05) is 24.3 Å². The van der Waals surface area contributed by atoms with Gasteiger partial charge in [-0.2, -0.15) is 13.2 Å². The molecule has 0 N–H and O–H groups in total. The predicted molar refractivity (Wildman–Crippen MR) is 85.6 cm³/mol. The maximum Gasteiger partial charge on any atom is 0.416 e. The number of nitrogens with zero attached hydrogens (tertiary/aromatic N) is 1. The first-order valence-electron chi connectivity index (χ1n) is 8.10. The van der Waals surface area contributed by atoms with E-state index in [0.717, 1.165) is 36.9 Å². The molecule has 5 heteroatoms. The Morgan fingerprint density at radius 1 is 1.00 bits per heavy atom. The van der Waals surface area contributed by atoms with Crippen LogP contribution in [-0.4, -0.2) is 25.0 Å². The molecule has 0 saturated carbocycles. The van der Waals surface area contributed by atoms with Gasteiger partial charge in [-0.15, -0.1) is 0 Å². The first-order valence-corrected chi connectivity index (χ1v) is 8.10. The van der Waals surface area contributed by atoms with E-state index < -0.39 is 11.7 Å². The summed E-state index contributed by atoms with van der Waals surface area (Å²) < 4.78 is 45.5. The number of hydrogen-bond acceptors (Lipinski definition) is 2. The van der Waals surface area contributed by atoms with Gasteiger partial charge in [0.1, 0.15) is 11.5 Å². The summed E-state index contributed by atoms with van der Waals surface area (Å²) in [7, 11) is 2.05. The first kappa shape index (κ1) is 15.5. The molecule has 2 aromatic rings. The average molecular weight is 333 g/mol. The summed E-state index contributed by atoms with van der Waals surface area (Å²) in [5, 5.41) is 0. The van der Waals surface area contributed by atoms with Gasteiger partial charge < -0.3 is 9.64 Å². The lowest BCUT2D eigenvalue weighted by molar-refractivity contribution is -0.137. The fourth-order valence-electron chi connectivity index (χ4n) is 3.91. The number of hydrogen-bond donors (Lipinski definition) is 0. The number of halogens is 3. The minimum absolute atomic E-state index is 0.0437. The molecular weight excluding hydrogens is 315 g/mol. The Hall–Kier alpha value is -2.01. The molecule has 0 bridgehead atoms. The number of likely N-dealkylation sites (N-methyl/N-ethyl adjacent to an activating group) is 1. The van der Waals surface area contributed by atoms with E-state index in [0.29, 0.717) is 11.3 Å². The largest absolute Gasteiger partial charge is 0.457 e. The van der Waals surface area contributed by atoms with E-state index in [1.54, 1.807) is 0 Å². The second kappa shape index (κ2) is 5.52. The summed E-state index contributed by atoms with van der Waals surface area (Å²) in [5.41, 5.74) is 1.16. The first-order chi connectivity index (χ1) is 11.4. The number of benzene rings is 2. The number of piperidine rings is 1. The highest BCUT2D eigenvalue weighted by Gasteiger charge is 2.38. The quantitative estimate of drug-likeness (QED) is 0.672. The van der Waals surface area contributed by atoms with Crippen LogP contribution in [0, 0.1) is 0 Å². The lowest BCUT2D eigenvalue weighted by Crippen LogP contribution is -2.35. The number of ether oxygens (including phenoxy) is 1. The molecule has 126 valence electrons. The van der Waals surface area contributed by atoms with Crippen LogP contribution in [0.2, 0.25) is 0 Å². The summed E-state index contributed by atoms with van der Waals surface area (Å²) in [4.78, 5) is 2.23. The van der Waals surface area contributed by atoms with Gasteiger partial charge in [-0.1, -0.05) is 18.2 Å². The summed E-state index contributed by atoms with van der Waals surface area (Å²) in [5.74, 6) is 1.49. The van der Waals surface area contributed by atoms with Crippen molar-refractivity contribution in [2.45, 2.75) is 24.4 Å². The zero-order chi connectivity index (χ0) is 16.9. The molecule has 0 aromatic heterocycles. The van der Waals surface area contributed by atoms with Crippen LogP contribution >= 0.6 is 0 Å². The third-order valence-corrected chi connectivity index (χ3v) is 5.09. The van der Waals surface area contributed by atoms with Crippen LogP contribution in [0.4, 0.5) is 13.2 Å². The van der Waals surface area contributed by atoms with Crippen molar-refractivity contribution in [3.8, 4) is 11.5 Å². The minimum Gasteiger partial charge on any atom is -0.457 e. The van der Waals surface area contributed by atoms with Gasteiger partial charge in [0, 0.05) is 12.5 Å². The van der Waals surface area contributed by atoms with Crippen LogP contribution in [0.25, 0.3) is 0 Å². The van der Waals surface area contributed by atoms with Crippen LogP contribution in [0.15, 0.2) is 42.5 Å². The predicted octanol–water partition coefficient (Wildman–Crippen LogP) is 5.01. The molecule has 2 aliphatic heterocycles. The van der Waals surface area contributed by atoms with Crippen molar-refractivity contribution in [3.63, 3.8) is 0 Å². The molecule has 2 aliphatic rings. The molecule has 0 aliphatic carbocycles. The molecule has 1 fully saturated rings. The van der Waals surface area contributed by atoms with Crippen molar-refractivity contribution < 1.29 is 17.9 Å². The second-order valence-electron chi connectivity index (χ2n) is 6.65. The third kappa shape index (κ3) is 2.57. The minimum atomic E-state index is -4.34. The lowest BCUT2D eigenvalue weighted by atomic mass is 9.76. The smallest absolute Gasteiger partial charge is 0.416 e. The van der Waals surface area contributed by atoms with Crippen molar-refractivity contribution in [3.05, 3.63) is 59.2 Å². The lowest BCUT2D eigenvalue weighted by Gasteiger charge is -2.36. The second-order valence-corrected chi connectivity index (χ2v) is 6.65. The molecule has 4 rings (SSSR count). The summed E-state index contributed by atoms with van der Waals surface area (Å²) in [6, 6.07) is 11.6. The Balaban J connectivity index is 1.88. The van der Waals surface area contributed by atoms with E-state index in [-0.39, 0.29) is 11.8 Å². The molecule has 24 heavy (non-hydrogen) atoms. The summed E-state index contributed by atoms with van der Waals surface area (Å²) in [6.45, 7) is 1.69. The van der Waals surface area contributed by atoms with Crippen LogP contribution in [-0.2, 0) is 6.18 Å². The normalized spacial score (nSPS) is 23.5. The fraction of sp³-hybridized carbons (Fsp3) is 0.368. The van der Waals surface area contributed by atoms with Crippen molar-refractivity contribution in [2.75, 3.05) is 20.1 Å². The Labute approximate surface area is 138 Å². The summed E-state index contributed by atoms with van der Waals surface area (Å²) in [6.07, 6.45) is -3.51. The van der Waals surface area contributed by atoms with Gasteiger partial charge in [0.2, 0.25) is 0 Å². The highest BCUT2D eigenvalue weighted by Crippen LogP contribution is 2.50. The number of fused-ring (bicyclic) bond motifs is 5. The Bertz CT molecular complexity index is 771. The molecule has 2 atom stereocenters. The number of rotatable bonds is 0. The van der Waals surface area contributed by atoms with E-state index in [2.05, 4.69) is 11.9 Å². The molecule has 2 aromatic carbocycles. The van der Waals surface area contributed by atoms with Crippen LogP contribution < -0.4 is 4.74 Å². The Kier molecular flexibility index (Phi) is 3.57. The van der Waals surface area contributed by atoms with Gasteiger partial charge in [-0.05, 0) is 61.3 Å². The number of alkyl halides is 3. The van der Waals surface area contributed by atoms with Crippen molar-refractivity contribution in [1.29, 1.82) is 0 Å². The molecule has 2 heterocycles. The van der Waals surface area contributed by atoms with Gasteiger partial charge in [0.05, 0.1) is 5.56 Å². The topological polar surface area (TPSA) is 12.5 Å². The highest BCUT2D eigenvalue weighted by atomic mass is 19.4. The van der Waals surface area contributed by atoms with Crippen molar-refractivity contribution in [2.24, 2.45) is 0 Å². The zero-order valence-electron chi connectivity index (χ0n) is 13.3. The fourth-order valence-corrected chi connectivity index (χ4v) is 3.91. The van der Waals surface area contributed by atoms with Crippen molar-refractivity contribution in [1.82, 2.24) is 4.90 Å². The van der Waals surface area contributed by atoms with Gasteiger partial charge in [-0.25, -0.2) is 0 Å². The van der Waals surface area contributed by atoms with Crippen LogP contribution in [0.5, 0.6) is 11.5 Å². The van der Waals surface area contributed by atoms with Gasteiger partial charge in [0.15, 0.2) is 0 Å². The van der Waals surface area contributed by atoms with E-state index in [9.17, 15) is 13.2 Å². The van der Waals surface area contributed by atoms with E-state index in [1.165, 1.54) is 12.1 Å². The van der Waals surface area contributed by atoms with Crippen molar-refractivity contribution >= 4 is 0 Å². The Morgan fingerprint density at radius 3 is 2.54 bits per heavy atom. The van der Waals surface area contributed by atoms with Crippen LogP contribution in [0.1, 0.15) is 34.9 Å². The molecule has 0 spiro atoms. The number of likely N-dealkylation sites (tertiary alicyclic amines) is 1. The van der Waals surface area contributed by atoms with E-state index >= 15 is 0 Å².